The lowest BCUT2D eigenvalue weighted by Crippen LogP contribution is -2.06. The van der Waals surface area contributed by atoms with Gasteiger partial charge in [-0.1, -0.05) is 31.9 Å². The Morgan fingerprint density at radius 2 is 2.22 bits per heavy atom. The Morgan fingerprint density at radius 3 is 2.67 bits per heavy atom. The standard InChI is InChI=1S/C9H16/c1-2-3-4-6-9-7-5-8-9/h4,6,9H,2-3,5,7-8H2,1H3/b6-4+. The summed E-state index contributed by atoms with van der Waals surface area (Å²) in [6.45, 7) is 2.23. The van der Waals surface area contributed by atoms with Gasteiger partial charge in [-0.25, -0.2) is 0 Å². The first-order valence-electron chi connectivity index (χ1n) is 4.10. The second kappa shape index (κ2) is 3.71. The molecule has 0 bridgehead atoms. The van der Waals surface area contributed by atoms with E-state index < -0.39 is 0 Å². The number of unbranched alkanes of at least 4 members (excludes halogenated alkanes) is 1. The largest absolute Gasteiger partial charge is 0.0883 e. The van der Waals surface area contributed by atoms with E-state index in [9.17, 15) is 0 Å². The average molecular weight is 124 g/mol. The Kier molecular flexibility index (Phi) is 2.82. The van der Waals surface area contributed by atoms with Crippen molar-refractivity contribution in [2.75, 3.05) is 0 Å². The van der Waals surface area contributed by atoms with Gasteiger partial charge in [0.05, 0.1) is 0 Å². The van der Waals surface area contributed by atoms with Crippen molar-refractivity contribution in [3.63, 3.8) is 0 Å². The molecule has 0 unspecified atom stereocenters. The van der Waals surface area contributed by atoms with Crippen molar-refractivity contribution in [1.29, 1.82) is 0 Å². The monoisotopic (exact) mass is 124 g/mol. The summed E-state index contributed by atoms with van der Waals surface area (Å²) >= 11 is 0. The van der Waals surface area contributed by atoms with Crippen LogP contribution in [-0.4, -0.2) is 0 Å². The van der Waals surface area contributed by atoms with E-state index in [1.165, 1.54) is 32.1 Å². The van der Waals surface area contributed by atoms with Crippen LogP contribution in [0.5, 0.6) is 0 Å². The smallest absolute Gasteiger partial charge is 0.0234 e. The van der Waals surface area contributed by atoms with E-state index in [1.54, 1.807) is 0 Å². The molecule has 1 fully saturated rings. The first-order valence-corrected chi connectivity index (χ1v) is 4.10. The molecule has 0 aromatic carbocycles. The van der Waals surface area contributed by atoms with Crippen LogP contribution < -0.4 is 0 Å². The lowest BCUT2D eigenvalue weighted by atomic mass is 9.85. The van der Waals surface area contributed by atoms with Gasteiger partial charge in [0.2, 0.25) is 0 Å². The molecule has 0 radical (unpaired) electrons. The van der Waals surface area contributed by atoms with Gasteiger partial charge in [0.25, 0.3) is 0 Å². The van der Waals surface area contributed by atoms with E-state index in [4.69, 9.17) is 0 Å². The fraction of sp³-hybridized carbons (Fsp3) is 0.778. The number of hydrogen-bond acceptors (Lipinski definition) is 0. The topological polar surface area (TPSA) is 0 Å². The fourth-order valence-corrected chi connectivity index (χ4v) is 1.09. The molecular weight excluding hydrogens is 108 g/mol. The van der Waals surface area contributed by atoms with E-state index >= 15 is 0 Å². The van der Waals surface area contributed by atoms with Crippen LogP contribution in [0.4, 0.5) is 0 Å². The van der Waals surface area contributed by atoms with E-state index in [-0.39, 0.29) is 0 Å². The van der Waals surface area contributed by atoms with Gasteiger partial charge in [0.15, 0.2) is 0 Å². The maximum absolute atomic E-state index is 2.40. The summed E-state index contributed by atoms with van der Waals surface area (Å²) in [7, 11) is 0. The van der Waals surface area contributed by atoms with Crippen LogP contribution in [0, 0.1) is 5.92 Å². The van der Waals surface area contributed by atoms with Crippen LogP contribution in [0.3, 0.4) is 0 Å². The summed E-state index contributed by atoms with van der Waals surface area (Å²) in [6, 6.07) is 0. The molecule has 0 amide bonds. The van der Waals surface area contributed by atoms with Crippen molar-refractivity contribution in [3.8, 4) is 0 Å². The van der Waals surface area contributed by atoms with Crippen molar-refractivity contribution in [2.24, 2.45) is 5.92 Å². The zero-order valence-electron chi connectivity index (χ0n) is 6.27. The molecule has 0 aliphatic heterocycles. The molecular formula is C9H16. The van der Waals surface area contributed by atoms with Crippen molar-refractivity contribution in [3.05, 3.63) is 12.2 Å². The zero-order valence-corrected chi connectivity index (χ0v) is 6.27. The molecule has 0 N–H and O–H groups in total. The minimum absolute atomic E-state index is 0.955. The number of allylic oxidation sites excluding steroid dienone is 2. The Morgan fingerprint density at radius 1 is 1.44 bits per heavy atom. The van der Waals surface area contributed by atoms with Crippen LogP contribution in [0.25, 0.3) is 0 Å². The molecule has 0 spiro atoms. The third-order valence-electron chi connectivity index (χ3n) is 2.01. The molecule has 0 aromatic rings. The minimum Gasteiger partial charge on any atom is -0.0883 e. The number of rotatable bonds is 3. The predicted molar refractivity (Wildman–Crippen MR) is 41.4 cm³/mol. The van der Waals surface area contributed by atoms with Crippen molar-refractivity contribution < 1.29 is 0 Å². The fourth-order valence-electron chi connectivity index (χ4n) is 1.09. The first-order chi connectivity index (χ1) is 4.43. The predicted octanol–water partition coefficient (Wildman–Crippen LogP) is 3.14. The Bertz CT molecular complexity index is 88.2. The minimum atomic E-state index is 0.955. The quantitative estimate of drug-likeness (QED) is 0.507. The highest BCUT2D eigenvalue weighted by molar-refractivity contribution is 4.92. The van der Waals surface area contributed by atoms with E-state index in [1.807, 2.05) is 0 Å². The Hall–Kier alpha value is -0.260. The van der Waals surface area contributed by atoms with Gasteiger partial charge in [0.1, 0.15) is 0 Å². The highest BCUT2D eigenvalue weighted by Gasteiger charge is 2.12. The maximum atomic E-state index is 2.40. The first kappa shape index (κ1) is 6.85. The SMILES string of the molecule is CCC/C=C/C1CCC1. The molecule has 1 rings (SSSR count). The molecule has 0 aromatic heterocycles. The summed E-state index contributed by atoms with van der Waals surface area (Å²) < 4.78 is 0. The molecule has 0 heteroatoms. The molecule has 1 aliphatic rings. The van der Waals surface area contributed by atoms with Gasteiger partial charge in [-0.05, 0) is 25.2 Å². The van der Waals surface area contributed by atoms with Crippen LogP contribution >= 0.6 is 0 Å². The van der Waals surface area contributed by atoms with Crippen LogP contribution in [0.2, 0.25) is 0 Å². The van der Waals surface area contributed by atoms with E-state index in [0.717, 1.165) is 5.92 Å². The van der Waals surface area contributed by atoms with Gasteiger partial charge in [-0.2, -0.15) is 0 Å². The summed E-state index contributed by atoms with van der Waals surface area (Å²) in [5.74, 6) is 0.955. The molecule has 9 heavy (non-hydrogen) atoms. The Labute approximate surface area is 58.0 Å². The highest BCUT2D eigenvalue weighted by atomic mass is 14.2. The van der Waals surface area contributed by atoms with Crippen molar-refractivity contribution in [1.82, 2.24) is 0 Å². The van der Waals surface area contributed by atoms with Gasteiger partial charge in [0, 0.05) is 0 Å². The lowest BCUT2D eigenvalue weighted by molar-refractivity contribution is 0.387. The molecule has 1 saturated carbocycles. The van der Waals surface area contributed by atoms with Crippen LogP contribution in [-0.2, 0) is 0 Å². The van der Waals surface area contributed by atoms with Crippen LogP contribution in [0.15, 0.2) is 12.2 Å². The molecule has 0 nitrogen and oxygen atoms in total. The summed E-state index contributed by atoms with van der Waals surface area (Å²) in [6.07, 6.45) is 11.7. The summed E-state index contributed by atoms with van der Waals surface area (Å²) in [4.78, 5) is 0. The molecule has 52 valence electrons. The summed E-state index contributed by atoms with van der Waals surface area (Å²) in [5.41, 5.74) is 0. The van der Waals surface area contributed by atoms with Crippen LogP contribution in [0.1, 0.15) is 39.0 Å². The van der Waals surface area contributed by atoms with Crippen molar-refractivity contribution in [2.45, 2.75) is 39.0 Å². The number of hydrogen-bond donors (Lipinski definition) is 0. The third-order valence-corrected chi connectivity index (χ3v) is 2.01. The molecule has 0 heterocycles. The van der Waals surface area contributed by atoms with E-state index in [0.29, 0.717) is 0 Å². The molecule has 1 aliphatic carbocycles. The van der Waals surface area contributed by atoms with Gasteiger partial charge in [-0.15, -0.1) is 0 Å². The normalized spacial score (nSPS) is 20.6. The summed E-state index contributed by atoms with van der Waals surface area (Å²) in [5, 5.41) is 0. The molecule has 0 atom stereocenters. The average Bonchev–Trinajstić information content (AvgIpc) is 1.76. The van der Waals surface area contributed by atoms with Gasteiger partial charge in [-0.3, -0.25) is 0 Å². The zero-order chi connectivity index (χ0) is 6.53. The second-order valence-corrected chi connectivity index (χ2v) is 2.91. The molecule has 0 saturated heterocycles. The maximum Gasteiger partial charge on any atom is -0.0234 e. The van der Waals surface area contributed by atoms with Gasteiger partial charge >= 0.3 is 0 Å². The van der Waals surface area contributed by atoms with Crippen molar-refractivity contribution >= 4 is 0 Å². The van der Waals surface area contributed by atoms with E-state index in [2.05, 4.69) is 19.1 Å². The lowest BCUT2D eigenvalue weighted by Gasteiger charge is -2.21. The van der Waals surface area contributed by atoms with Gasteiger partial charge < -0.3 is 0 Å². The second-order valence-electron chi connectivity index (χ2n) is 2.91. The third kappa shape index (κ3) is 2.21. The Balaban J connectivity index is 2.00. The highest BCUT2D eigenvalue weighted by Crippen LogP contribution is 2.27.